The second-order valence-corrected chi connectivity index (χ2v) is 4.89. The van der Waals surface area contributed by atoms with Gasteiger partial charge in [0.25, 0.3) is 0 Å². The van der Waals surface area contributed by atoms with Crippen molar-refractivity contribution < 1.29 is 0 Å². The molecule has 6 heteroatoms. The fourth-order valence-corrected chi connectivity index (χ4v) is 2.10. The number of benzene rings is 1. The monoisotopic (exact) mass is 399 g/mol. The van der Waals surface area contributed by atoms with E-state index in [0.717, 1.165) is 18.7 Å². The molecule has 114 valence electrons. The molecule has 0 unspecified atom stereocenters. The minimum absolute atomic E-state index is 0. The molecule has 0 aliphatic carbocycles. The highest BCUT2D eigenvalue weighted by atomic mass is 127. The smallest absolute Gasteiger partial charge is 0.193 e. The van der Waals surface area contributed by atoms with Gasteiger partial charge in [-0.15, -0.1) is 24.0 Å². The number of nitrogens with zero attached hydrogens (tertiary/aromatic N) is 3. The molecule has 1 heterocycles. The van der Waals surface area contributed by atoms with Gasteiger partial charge in [-0.1, -0.05) is 6.07 Å². The van der Waals surface area contributed by atoms with E-state index < -0.39 is 0 Å². The molecule has 2 rings (SSSR count). The Kier molecular flexibility index (Phi) is 7.21. The van der Waals surface area contributed by atoms with Crippen molar-refractivity contribution in [3.63, 3.8) is 0 Å². The summed E-state index contributed by atoms with van der Waals surface area (Å²) >= 11 is 0. The molecule has 0 bridgehead atoms. The Bertz CT molecular complexity index is 558. The molecular weight excluding hydrogens is 377 g/mol. The third kappa shape index (κ3) is 6.16. The van der Waals surface area contributed by atoms with E-state index in [1.807, 2.05) is 16.9 Å². The van der Waals surface area contributed by atoms with Gasteiger partial charge in [-0.25, -0.2) is 0 Å². The number of aryl methyl sites for hydroxylation is 3. The molecule has 21 heavy (non-hydrogen) atoms. The highest BCUT2D eigenvalue weighted by molar-refractivity contribution is 14.0. The number of nitrogens with one attached hydrogen (secondary N) is 1. The molecule has 0 spiro atoms. The van der Waals surface area contributed by atoms with E-state index >= 15 is 0 Å². The summed E-state index contributed by atoms with van der Waals surface area (Å²) in [5, 5.41) is 7.26. The molecule has 5 nitrogen and oxygen atoms in total. The summed E-state index contributed by atoms with van der Waals surface area (Å²) in [5.41, 5.74) is 9.28. The zero-order valence-electron chi connectivity index (χ0n) is 12.4. The summed E-state index contributed by atoms with van der Waals surface area (Å²) in [4.78, 5) is 4.32. The zero-order valence-corrected chi connectivity index (χ0v) is 14.7. The van der Waals surface area contributed by atoms with Crippen LogP contribution in [-0.2, 0) is 6.54 Å². The lowest BCUT2D eigenvalue weighted by Crippen LogP contribution is -2.23. The molecule has 0 amide bonds. The number of hydrogen-bond donors (Lipinski definition) is 2. The van der Waals surface area contributed by atoms with E-state index in [0.29, 0.717) is 12.5 Å². The second-order valence-electron chi connectivity index (χ2n) is 4.89. The first-order valence-corrected chi connectivity index (χ1v) is 6.76. The second kappa shape index (κ2) is 8.66. The van der Waals surface area contributed by atoms with E-state index in [4.69, 9.17) is 5.73 Å². The van der Waals surface area contributed by atoms with E-state index in [9.17, 15) is 0 Å². The predicted molar refractivity (Wildman–Crippen MR) is 98.3 cm³/mol. The van der Waals surface area contributed by atoms with Crippen LogP contribution in [0.2, 0.25) is 0 Å². The van der Waals surface area contributed by atoms with Crippen molar-refractivity contribution in [2.24, 2.45) is 10.7 Å². The Hall–Kier alpha value is -1.57. The predicted octanol–water partition coefficient (Wildman–Crippen LogP) is 2.93. The largest absolute Gasteiger partial charge is 0.370 e. The molecule has 0 atom stereocenters. The fraction of sp³-hybridized carbons (Fsp3) is 0.333. The maximum Gasteiger partial charge on any atom is 0.193 e. The van der Waals surface area contributed by atoms with E-state index in [-0.39, 0.29) is 24.0 Å². The van der Waals surface area contributed by atoms with Crippen LogP contribution >= 0.6 is 24.0 Å². The summed E-state index contributed by atoms with van der Waals surface area (Å²) in [6.07, 6.45) is 4.64. The van der Waals surface area contributed by atoms with E-state index in [1.165, 1.54) is 11.1 Å². The van der Waals surface area contributed by atoms with Crippen molar-refractivity contribution in [3.8, 4) is 0 Å². The number of aromatic nitrogens is 2. The van der Waals surface area contributed by atoms with Crippen LogP contribution in [0.15, 0.2) is 41.7 Å². The summed E-state index contributed by atoms with van der Waals surface area (Å²) in [6.45, 7) is 5.67. The SMILES string of the molecule is Cc1cc(C)cc(NC(N)=NCCCn2cccn2)c1.I. The standard InChI is InChI=1S/C15H21N5.HI/c1-12-9-13(2)11-14(10-12)19-15(16)17-5-3-7-20-8-4-6-18-20;/h4,6,8-11H,3,5,7H2,1-2H3,(H3,16,17,19);1H. The first-order chi connectivity index (χ1) is 9.63. The number of nitrogens with two attached hydrogens (primary N) is 1. The van der Waals surface area contributed by atoms with Gasteiger partial charge >= 0.3 is 0 Å². The number of anilines is 1. The lowest BCUT2D eigenvalue weighted by atomic mass is 10.1. The van der Waals surface area contributed by atoms with Crippen molar-refractivity contribution in [2.45, 2.75) is 26.8 Å². The summed E-state index contributed by atoms with van der Waals surface area (Å²) < 4.78 is 1.89. The number of guanidine groups is 1. The molecule has 0 radical (unpaired) electrons. The molecule has 2 aromatic rings. The number of aliphatic imine (C=N–C) groups is 1. The van der Waals surface area contributed by atoms with Crippen LogP contribution in [0.1, 0.15) is 17.5 Å². The van der Waals surface area contributed by atoms with Gasteiger partial charge in [-0.3, -0.25) is 9.67 Å². The number of halogens is 1. The lowest BCUT2D eigenvalue weighted by molar-refractivity contribution is 0.585. The Morgan fingerprint density at radius 1 is 1.29 bits per heavy atom. The van der Waals surface area contributed by atoms with Gasteiger partial charge < -0.3 is 11.1 Å². The molecule has 0 aliphatic heterocycles. The van der Waals surface area contributed by atoms with Crippen molar-refractivity contribution in [3.05, 3.63) is 47.8 Å². The first-order valence-electron chi connectivity index (χ1n) is 6.76. The van der Waals surface area contributed by atoms with E-state index in [1.54, 1.807) is 6.20 Å². The highest BCUT2D eigenvalue weighted by Crippen LogP contribution is 2.13. The van der Waals surface area contributed by atoms with Gasteiger partial charge in [-0.2, -0.15) is 5.10 Å². The van der Waals surface area contributed by atoms with Gasteiger partial charge in [-0.05, 0) is 49.6 Å². The molecule has 1 aromatic carbocycles. The van der Waals surface area contributed by atoms with Crippen molar-refractivity contribution >= 4 is 35.6 Å². The van der Waals surface area contributed by atoms with Gasteiger partial charge in [0, 0.05) is 31.2 Å². The number of rotatable bonds is 5. The number of hydrogen-bond acceptors (Lipinski definition) is 2. The van der Waals surface area contributed by atoms with Crippen LogP contribution in [0.25, 0.3) is 0 Å². The summed E-state index contributed by atoms with van der Waals surface area (Å²) in [7, 11) is 0. The average molecular weight is 399 g/mol. The van der Waals surface area contributed by atoms with Crippen LogP contribution < -0.4 is 11.1 Å². The van der Waals surface area contributed by atoms with Gasteiger partial charge in [0.05, 0.1) is 0 Å². The van der Waals surface area contributed by atoms with E-state index in [2.05, 4.69) is 47.5 Å². The summed E-state index contributed by atoms with van der Waals surface area (Å²) in [6, 6.07) is 8.15. The normalized spacial score (nSPS) is 11.0. The van der Waals surface area contributed by atoms with Crippen molar-refractivity contribution in [1.29, 1.82) is 0 Å². The quantitative estimate of drug-likeness (QED) is 0.352. The molecule has 1 aromatic heterocycles. The van der Waals surface area contributed by atoms with Crippen LogP contribution in [0.3, 0.4) is 0 Å². The Morgan fingerprint density at radius 3 is 2.62 bits per heavy atom. The molecule has 0 aliphatic rings. The van der Waals surface area contributed by atoms with Crippen LogP contribution in [0.5, 0.6) is 0 Å². The Morgan fingerprint density at radius 2 is 2.00 bits per heavy atom. The third-order valence-corrected chi connectivity index (χ3v) is 2.88. The molecular formula is C15H22IN5. The van der Waals surface area contributed by atoms with Gasteiger partial charge in [0.15, 0.2) is 5.96 Å². The van der Waals surface area contributed by atoms with Crippen LogP contribution in [-0.4, -0.2) is 22.3 Å². The minimum Gasteiger partial charge on any atom is -0.370 e. The Balaban J connectivity index is 0.00000220. The average Bonchev–Trinajstić information content (AvgIpc) is 2.86. The van der Waals surface area contributed by atoms with Crippen LogP contribution in [0, 0.1) is 13.8 Å². The summed E-state index contributed by atoms with van der Waals surface area (Å²) in [5.74, 6) is 0.454. The molecule has 0 saturated carbocycles. The van der Waals surface area contributed by atoms with Crippen molar-refractivity contribution in [1.82, 2.24) is 9.78 Å². The Labute approximate surface area is 142 Å². The van der Waals surface area contributed by atoms with Crippen LogP contribution in [0.4, 0.5) is 5.69 Å². The highest BCUT2D eigenvalue weighted by Gasteiger charge is 1.97. The molecule has 0 saturated heterocycles. The third-order valence-electron chi connectivity index (χ3n) is 2.88. The topological polar surface area (TPSA) is 68.2 Å². The molecule has 0 fully saturated rings. The lowest BCUT2D eigenvalue weighted by Gasteiger charge is -2.08. The maximum atomic E-state index is 5.88. The fourth-order valence-electron chi connectivity index (χ4n) is 2.10. The van der Waals surface area contributed by atoms with Gasteiger partial charge in [0.1, 0.15) is 0 Å². The maximum absolute atomic E-state index is 5.88. The minimum atomic E-state index is 0. The zero-order chi connectivity index (χ0) is 14.4. The van der Waals surface area contributed by atoms with Gasteiger partial charge in [0.2, 0.25) is 0 Å². The van der Waals surface area contributed by atoms with Crippen molar-refractivity contribution in [2.75, 3.05) is 11.9 Å². The first kappa shape index (κ1) is 17.5. The molecule has 3 N–H and O–H groups in total.